The van der Waals surface area contributed by atoms with E-state index in [2.05, 4.69) is 15.6 Å². The zero-order valence-corrected chi connectivity index (χ0v) is 11.2. The lowest BCUT2D eigenvalue weighted by atomic mass is 10.2. The molecule has 3 amide bonds. The molecule has 2 rings (SSSR count). The lowest BCUT2D eigenvalue weighted by Crippen LogP contribution is -2.16. The number of nitrogens with one attached hydrogen (secondary N) is 2. The van der Waals surface area contributed by atoms with Crippen LogP contribution < -0.4 is 16.4 Å². The van der Waals surface area contributed by atoms with Gasteiger partial charge in [-0.05, 0) is 30.3 Å². The van der Waals surface area contributed by atoms with Gasteiger partial charge < -0.3 is 21.5 Å². The van der Waals surface area contributed by atoms with Gasteiger partial charge in [0.2, 0.25) is 12.3 Å². The molecule has 8 nitrogen and oxygen atoms in total. The lowest BCUT2D eigenvalue weighted by Gasteiger charge is -2.08. The summed E-state index contributed by atoms with van der Waals surface area (Å²) in [5.74, 6) is -1.28. The Labute approximate surface area is 125 Å². The van der Waals surface area contributed by atoms with Crippen LogP contribution >= 0.6 is 0 Å². The largest absolute Gasteiger partial charge is 0.506 e. The maximum atomic E-state index is 12.0. The third-order valence-electron chi connectivity index (χ3n) is 2.75. The van der Waals surface area contributed by atoms with Crippen molar-refractivity contribution in [2.45, 2.75) is 0 Å². The molecule has 2 aromatic rings. The van der Waals surface area contributed by atoms with Crippen molar-refractivity contribution in [1.29, 1.82) is 0 Å². The Hall–Kier alpha value is -3.42. The van der Waals surface area contributed by atoms with Gasteiger partial charge in [-0.25, -0.2) is 0 Å². The first-order valence-corrected chi connectivity index (χ1v) is 6.11. The molecule has 0 aliphatic carbocycles. The van der Waals surface area contributed by atoms with Gasteiger partial charge in [-0.1, -0.05) is 0 Å². The second-order valence-electron chi connectivity index (χ2n) is 4.24. The summed E-state index contributed by atoms with van der Waals surface area (Å²) < 4.78 is 0. The molecule has 1 aromatic heterocycles. The van der Waals surface area contributed by atoms with Gasteiger partial charge in [-0.3, -0.25) is 19.4 Å². The zero-order valence-electron chi connectivity index (χ0n) is 11.2. The molecular weight excluding hydrogens is 288 g/mol. The highest BCUT2D eigenvalue weighted by Gasteiger charge is 2.10. The number of rotatable bonds is 5. The number of carbonyl (C=O) groups is 3. The Bertz CT molecular complexity index is 728. The number of aromatic nitrogens is 1. The zero-order chi connectivity index (χ0) is 16.1. The van der Waals surface area contributed by atoms with Crippen molar-refractivity contribution < 1.29 is 19.5 Å². The summed E-state index contributed by atoms with van der Waals surface area (Å²) in [5.41, 5.74) is 5.88. The van der Waals surface area contributed by atoms with E-state index >= 15 is 0 Å². The van der Waals surface area contributed by atoms with E-state index in [0.717, 1.165) is 0 Å². The van der Waals surface area contributed by atoms with Gasteiger partial charge in [0.1, 0.15) is 11.4 Å². The third kappa shape index (κ3) is 3.37. The monoisotopic (exact) mass is 300 g/mol. The summed E-state index contributed by atoms with van der Waals surface area (Å²) in [7, 11) is 0. The van der Waals surface area contributed by atoms with Crippen LogP contribution in [0.4, 0.5) is 11.4 Å². The predicted octanol–water partition coefficient (Wildman–Crippen LogP) is 0.707. The van der Waals surface area contributed by atoms with Gasteiger partial charge in [-0.2, -0.15) is 0 Å². The second kappa shape index (κ2) is 6.35. The Morgan fingerprint density at radius 2 is 2.00 bits per heavy atom. The average molecular weight is 300 g/mol. The number of pyridine rings is 1. The van der Waals surface area contributed by atoms with Crippen LogP contribution in [0.15, 0.2) is 36.5 Å². The Morgan fingerprint density at radius 1 is 1.23 bits per heavy atom. The molecule has 0 radical (unpaired) electrons. The molecule has 0 saturated heterocycles. The number of carbonyl (C=O) groups excluding carboxylic acids is 3. The van der Waals surface area contributed by atoms with Crippen LogP contribution in [0, 0.1) is 0 Å². The SMILES string of the molecule is NC(=O)c1ccc(C(=O)Nc2ccc(O)c(NC=O)c2)nc1. The van der Waals surface area contributed by atoms with E-state index in [1.165, 1.54) is 36.5 Å². The molecule has 112 valence electrons. The number of phenols is 1. The van der Waals surface area contributed by atoms with E-state index in [1.54, 1.807) is 0 Å². The van der Waals surface area contributed by atoms with E-state index in [9.17, 15) is 19.5 Å². The topological polar surface area (TPSA) is 134 Å². The number of benzene rings is 1. The number of hydrogen-bond donors (Lipinski definition) is 4. The maximum absolute atomic E-state index is 12.0. The van der Waals surface area contributed by atoms with Crippen LogP contribution in [0.1, 0.15) is 20.8 Å². The summed E-state index contributed by atoms with van der Waals surface area (Å²) in [6.07, 6.45) is 1.61. The molecule has 8 heteroatoms. The van der Waals surface area contributed by atoms with Gasteiger partial charge in [0.05, 0.1) is 11.3 Å². The number of amides is 3. The second-order valence-corrected chi connectivity index (χ2v) is 4.24. The summed E-state index contributed by atoms with van der Waals surface area (Å²) in [5, 5.41) is 14.4. The predicted molar refractivity (Wildman–Crippen MR) is 78.5 cm³/mol. The van der Waals surface area contributed by atoms with E-state index in [1.807, 2.05) is 0 Å². The first-order chi connectivity index (χ1) is 10.5. The molecule has 0 fully saturated rings. The number of hydrogen-bond acceptors (Lipinski definition) is 5. The number of anilines is 2. The highest BCUT2D eigenvalue weighted by Crippen LogP contribution is 2.26. The Balaban J connectivity index is 2.16. The van der Waals surface area contributed by atoms with E-state index < -0.39 is 11.8 Å². The van der Waals surface area contributed by atoms with Crippen molar-refractivity contribution in [3.05, 3.63) is 47.8 Å². The van der Waals surface area contributed by atoms with Gasteiger partial charge in [0.25, 0.3) is 5.91 Å². The maximum Gasteiger partial charge on any atom is 0.274 e. The van der Waals surface area contributed by atoms with Crippen molar-refractivity contribution in [2.24, 2.45) is 5.73 Å². The molecule has 0 spiro atoms. The van der Waals surface area contributed by atoms with Crippen molar-refractivity contribution in [3.63, 3.8) is 0 Å². The minimum Gasteiger partial charge on any atom is -0.506 e. The molecule has 0 aliphatic rings. The molecule has 1 aromatic carbocycles. The molecule has 0 aliphatic heterocycles. The summed E-state index contributed by atoms with van der Waals surface area (Å²) in [6.45, 7) is 0. The van der Waals surface area contributed by atoms with Gasteiger partial charge in [0, 0.05) is 11.9 Å². The number of nitrogens with two attached hydrogens (primary N) is 1. The smallest absolute Gasteiger partial charge is 0.274 e. The molecular formula is C14H12N4O4. The van der Waals surface area contributed by atoms with E-state index in [-0.39, 0.29) is 22.7 Å². The lowest BCUT2D eigenvalue weighted by molar-refractivity contribution is -0.105. The first-order valence-electron chi connectivity index (χ1n) is 6.11. The average Bonchev–Trinajstić information content (AvgIpc) is 2.51. The fraction of sp³-hybridized carbons (Fsp3) is 0. The third-order valence-corrected chi connectivity index (χ3v) is 2.75. The minimum atomic E-state index is -0.637. The van der Waals surface area contributed by atoms with Crippen LogP contribution in [0.25, 0.3) is 0 Å². The van der Waals surface area contributed by atoms with Crippen molar-refractivity contribution in [3.8, 4) is 5.75 Å². The molecule has 22 heavy (non-hydrogen) atoms. The number of aromatic hydroxyl groups is 1. The van der Waals surface area contributed by atoms with Gasteiger partial charge >= 0.3 is 0 Å². The minimum absolute atomic E-state index is 0.0861. The van der Waals surface area contributed by atoms with Crippen LogP contribution in [-0.2, 0) is 4.79 Å². The summed E-state index contributed by atoms with van der Waals surface area (Å²) in [6, 6.07) is 6.92. The molecule has 0 unspecified atom stereocenters. The molecule has 0 saturated carbocycles. The standard InChI is InChI=1S/C14H12N4O4/c15-13(21)8-1-3-10(16-6-8)14(22)18-9-2-4-12(20)11(5-9)17-7-19/h1-7,20H,(H2,15,21)(H,17,19)(H,18,22). The van der Waals surface area contributed by atoms with Crippen molar-refractivity contribution >= 4 is 29.6 Å². The van der Waals surface area contributed by atoms with Crippen LogP contribution in [0.5, 0.6) is 5.75 Å². The molecule has 0 bridgehead atoms. The van der Waals surface area contributed by atoms with Gasteiger partial charge in [-0.15, -0.1) is 0 Å². The molecule has 5 N–H and O–H groups in total. The first kappa shape index (κ1) is 15.0. The number of phenolic OH excluding ortho intramolecular Hbond substituents is 1. The van der Waals surface area contributed by atoms with Crippen LogP contribution in [-0.4, -0.2) is 28.3 Å². The molecule has 1 heterocycles. The van der Waals surface area contributed by atoms with E-state index in [4.69, 9.17) is 5.73 Å². The normalized spacial score (nSPS) is 9.82. The number of primary amides is 1. The van der Waals surface area contributed by atoms with Crippen LogP contribution in [0.3, 0.4) is 0 Å². The summed E-state index contributed by atoms with van der Waals surface area (Å²) >= 11 is 0. The number of nitrogens with zero attached hydrogens (tertiary/aromatic N) is 1. The van der Waals surface area contributed by atoms with Crippen molar-refractivity contribution in [2.75, 3.05) is 10.6 Å². The Morgan fingerprint density at radius 3 is 2.59 bits per heavy atom. The molecule has 0 atom stereocenters. The highest BCUT2D eigenvalue weighted by atomic mass is 16.3. The quantitative estimate of drug-likeness (QED) is 0.366. The Kier molecular flexibility index (Phi) is 4.33. The van der Waals surface area contributed by atoms with Gasteiger partial charge in [0.15, 0.2) is 0 Å². The van der Waals surface area contributed by atoms with E-state index in [0.29, 0.717) is 12.1 Å². The fourth-order valence-corrected chi connectivity index (χ4v) is 1.66. The summed E-state index contributed by atoms with van der Waals surface area (Å²) in [4.78, 5) is 37.2. The highest BCUT2D eigenvalue weighted by molar-refractivity contribution is 6.03. The van der Waals surface area contributed by atoms with Crippen molar-refractivity contribution in [1.82, 2.24) is 4.98 Å². The fourth-order valence-electron chi connectivity index (χ4n) is 1.66. The van der Waals surface area contributed by atoms with Crippen LogP contribution in [0.2, 0.25) is 0 Å².